The molecule has 1 aromatic rings. The summed E-state index contributed by atoms with van der Waals surface area (Å²) in [6.07, 6.45) is 3.59. The van der Waals surface area contributed by atoms with Crippen molar-refractivity contribution in [3.8, 4) is 0 Å². The van der Waals surface area contributed by atoms with Crippen LogP contribution in [0.1, 0.15) is 17.5 Å². The molecular formula is C7H10N2O2S2. The van der Waals surface area contributed by atoms with Crippen LogP contribution in [0.3, 0.4) is 0 Å². The van der Waals surface area contributed by atoms with Gasteiger partial charge in [-0.3, -0.25) is 4.79 Å². The maximum Gasteiger partial charge on any atom is 0.305 e. The van der Waals surface area contributed by atoms with Gasteiger partial charge in [0.2, 0.25) is 0 Å². The summed E-state index contributed by atoms with van der Waals surface area (Å²) in [5.74, 6) is -0.895. The lowest BCUT2D eigenvalue weighted by atomic mass is 10.2. The third-order valence-electron chi connectivity index (χ3n) is 1.42. The number of carboxylic acid groups (broad SMARTS) is 1. The predicted molar refractivity (Wildman–Crippen MR) is 53.1 cm³/mol. The average Bonchev–Trinajstić information content (AvgIpc) is 2.50. The second-order valence-corrected chi connectivity index (χ2v) is 4.59. The molecule has 0 amide bonds. The van der Waals surface area contributed by atoms with Gasteiger partial charge in [0.25, 0.3) is 0 Å². The van der Waals surface area contributed by atoms with Crippen LogP contribution in [0.2, 0.25) is 0 Å². The Balaban J connectivity index is 2.65. The summed E-state index contributed by atoms with van der Waals surface area (Å²) < 4.78 is 1.05. The van der Waals surface area contributed by atoms with E-state index in [0.717, 1.165) is 4.21 Å². The fourth-order valence-corrected chi connectivity index (χ4v) is 2.21. The first-order valence-electron chi connectivity index (χ1n) is 3.60. The molecule has 0 spiro atoms. The Morgan fingerprint density at radius 1 is 1.92 bits per heavy atom. The maximum absolute atomic E-state index is 10.4. The van der Waals surface area contributed by atoms with Crippen molar-refractivity contribution in [1.82, 2.24) is 4.98 Å². The SMILES string of the molecule is CSc1cnc([C@H](N)CC(=O)O)s1. The van der Waals surface area contributed by atoms with Crippen LogP contribution in [0, 0.1) is 0 Å². The molecule has 1 aromatic heterocycles. The van der Waals surface area contributed by atoms with E-state index in [4.69, 9.17) is 10.8 Å². The van der Waals surface area contributed by atoms with Gasteiger partial charge in [0, 0.05) is 0 Å². The third-order valence-corrected chi connectivity index (χ3v) is 3.60. The van der Waals surface area contributed by atoms with Gasteiger partial charge in [-0.25, -0.2) is 4.98 Å². The van der Waals surface area contributed by atoms with Gasteiger partial charge in [0.1, 0.15) is 5.01 Å². The van der Waals surface area contributed by atoms with E-state index >= 15 is 0 Å². The monoisotopic (exact) mass is 218 g/mol. The summed E-state index contributed by atoms with van der Waals surface area (Å²) in [6, 6.07) is -0.483. The van der Waals surface area contributed by atoms with E-state index in [1.54, 1.807) is 18.0 Å². The van der Waals surface area contributed by atoms with E-state index in [1.165, 1.54) is 11.3 Å². The number of carbonyl (C=O) groups is 1. The van der Waals surface area contributed by atoms with Crippen LogP contribution >= 0.6 is 23.1 Å². The van der Waals surface area contributed by atoms with Crippen LogP contribution in [-0.2, 0) is 4.79 Å². The van der Waals surface area contributed by atoms with Crippen molar-refractivity contribution in [2.75, 3.05) is 6.26 Å². The second kappa shape index (κ2) is 4.59. The molecule has 0 aromatic carbocycles. The van der Waals surface area contributed by atoms with Gasteiger partial charge in [-0.05, 0) is 6.26 Å². The highest BCUT2D eigenvalue weighted by atomic mass is 32.2. The molecule has 0 aliphatic heterocycles. The first-order chi connectivity index (χ1) is 6.13. The Hall–Kier alpha value is -0.590. The molecule has 0 saturated carbocycles. The minimum atomic E-state index is -0.895. The number of hydrogen-bond acceptors (Lipinski definition) is 5. The number of thiazole rings is 1. The van der Waals surface area contributed by atoms with E-state index in [0.29, 0.717) is 5.01 Å². The fourth-order valence-electron chi connectivity index (χ4n) is 0.813. The largest absolute Gasteiger partial charge is 0.481 e. The standard InChI is InChI=1S/C7H10N2O2S2/c1-12-6-3-9-7(13-6)4(8)2-5(10)11/h3-4H,2,8H2,1H3,(H,10,11)/t4-/m1/s1. The smallest absolute Gasteiger partial charge is 0.305 e. The number of rotatable bonds is 4. The Bertz CT molecular complexity index is 300. The molecular weight excluding hydrogens is 208 g/mol. The van der Waals surface area contributed by atoms with E-state index in [2.05, 4.69) is 4.98 Å². The van der Waals surface area contributed by atoms with Crippen LogP contribution < -0.4 is 5.73 Å². The number of aliphatic carboxylic acids is 1. The van der Waals surface area contributed by atoms with Crippen molar-refractivity contribution in [3.63, 3.8) is 0 Å². The highest BCUT2D eigenvalue weighted by molar-refractivity contribution is 8.00. The van der Waals surface area contributed by atoms with Crippen LogP contribution in [-0.4, -0.2) is 22.3 Å². The molecule has 72 valence electrons. The lowest BCUT2D eigenvalue weighted by Crippen LogP contribution is -2.14. The number of hydrogen-bond donors (Lipinski definition) is 2. The molecule has 0 fully saturated rings. The molecule has 3 N–H and O–H groups in total. The van der Waals surface area contributed by atoms with Crippen LogP contribution in [0.4, 0.5) is 0 Å². The number of thioether (sulfide) groups is 1. The topological polar surface area (TPSA) is 76.2 Å². The minimum Gasteiger partial charge on any atom is -0.481 e. The Morgan fingerprint density at radius 2 is 2.62 bits per heavy atom. The zero-order chi connectivity index (χ0) is 9.84. The zero-order valence-corrected chi connectivity index (χ0v) is 8.69. The highest BCUT2D eigenvalue weighted by Crippen LogP contribution is 2.26. The molecule has 0 saturated heterocycles. The van der Waals surface area contributed by atoms with E-state index in [9.17, 15) is 4.79 Å². The molecule has 0 aliphatic rings. The molecule has 0 radical (unpaired) electrons. The average molecular weight is 218 g/mol. The summed E-state index contributed by atoms with van der Waals surface area (Å²) in [7, 11) is 0. The first kappa shape index (κ1) is 10.5. The highest BCUT2D eigenvalue weighted by Gasteiger charge is 2.14. The fraction of sp³-hybridized carbons (Fsp3) is 0.429. The molecule has 13 heavy (non-hydrogen) atoms. The van der Waals surface area contributed by atoms with E-state index in [1.807, 2.05) is 6.26 Å². The van der Waals surface area contributed by atoms with Crippen molar-refractivity contribution in [2.24, 2.45) is 5.73 Å². The van der Waals surface area contributed by atoms with Crippen LogP contribution in [0.5, 0.6) is 0 Å². The number of aromatic nitrogens is 1. The third kappa shape index (κ3) is 2.98. The first-order valence-corrected chi connectivity index (χ1v) is 5.64. The van der Waals surface area contributed by atoms with Gasteiger partial charge in [-0.2, -0.15) is 0 Å². The quantitative estimate of drug-likeness (QED) is 0.746. The zero-order valence-electron chi connectivity index (χ0n) is 7.06. The second-order valence-electron chi connectivity index (χ2n) is 2.43. The molecule has 0 unspecified atom stereocenters. The van der Waals surface area contributed by atoms with Crippen LogP contribution in [0.25, 0.3) is 0 Å². The van der Waals surface area contributed by atoms with Crippen molar-refractivity contribution < 1.29 is 9.90 Å². The van der Waals surface area contributed by atoms with Gasteiger partial charge in [0.05, 0.1) is 22.9 Å². The Morgan fingerprint density at radius 3 is 3.08 bits per heavy atom. The minimum absolute atomic E-state index is 0.0681. The summed E-state index contributed by atoms with van der Waals surface area (Å²) >= 11 is 3.03. The Kier molecular flexibility index (Phi) is 3.71. The molecule has 1 heterocycles. The van der Waals surface area contributed by atoms with E-state index < -0.39 is 12.0 Å². The normalized spacial score (nSPS) is 12.8. The molecule has 1 atom stereocenters. The van der Waals surface area contributed by atoms with Crippen LogP contribution in [0.15, 0.2) is 10.4 Å². The van der Waals surface area contributed by atoms with Crippen molar-refractivity contribution in [1.29, 1.82) is 0 Å². The number of carboxylic acids is 1. The van der Waals surface area contributed by atoms with Gasteiger partial charge in [-0.1, -0.05) is 0 Å². The summed E-state index contributed by atoms with van der Waals surface area (Å²) in [5.41, 5.74) is 5.62. The predicted octanol–water partition coefficient (Wildman–Crippen LogP) is 1.34. The maximum atomic E-state index is 10.4. The summed E-state index contributed by atoms with van der Waals surface area (Å²) in [6.45, 7) is 0. The summed E-state index contributed by atoms with van der Waals surface area (Å²) in [4.78, 5) is 14.4. The molecule has 0 aliphatic carbocycles. The summed E-state index contributed by atoms with van der Waals surface area (Å²) in [5, 5.41) is 9.19. The van der Waals surface area contributed by atoms with E-state index in [-0.39, 0.29) is 6.42 Å². The molecule has 4 nitrogen and oxygen atoms in total. The Labute approximate surface area is 84.2 Å². The lowest BCUT2D eigenvalue weighted by Gasteiger charge is -2.02. The van der Waals surface area contributed by atoms with Gasteiger partial charge < -0.3 is 10.8 Å². The number of nitrogens with zero attached hydrogens (tertiary/aromatic N) is 1. The molecule has 6 heteroatoms. The van der Waals surface area contributed by atoms with Gasteiger partial charge in [-0.15, -0.1) is 23.1 Å². The number of nitrogens with two attached hydrogens (primary N) is 1. The van der Waals surface area contributed by atoms with Crippen molar-refractivity contribution >= 4 is 29.1 Å². The molecule has 1 rings (SSSR count). The lowest BCUT2D eigenvalue weighted by molar-refractivity contribution is -0.137. The van der Waals surface area contributed by atoms with Crippen molar-refractivity contribution in [2.45, 2.75) is 16.7 Å². The van der Waals surface area contributed by atoms with Crippen molar-refractivity contribution in [3.05, 3.63) is 11.2 Å². The van der Waals surface area contributed by atoms with Gasteiger partial charge in [0.15, 0.2) is 0 Å². The molecule has 0 bridgehead atoms. The van der Waals surface area contributed by atoms with Gasteiger partial charge >= 0.3 is 5.97 Å².